The van der Waals surface area contributed by atoms with Gasteiger partial charge in [-0.25, -0.2) is 4.99 Å². The molecule has 11 heteroatoms. The van der Waals surface area contributed by atoms with Crippen LogP contribution in [0.4, 0.5) is 8.78 Å². The van der Waals surface area contributed by atoms with E-state index >= 15 is 0 Å². The first-order valence-corrected chi connectivity index (χ1v) is 9.64. The molecule has 1 aliphatic heterocycles. The molecule has 2 aromatic carbocycles. The highest BCUT2D eigenvalue weighted by Crippen LogP contribution is 2.39. The van der Waals surface area contributed by atoms with Gasteiger partial charge in [0, 0.05) is 36.3 Å². The normalized spacial score (nSPS) is 12.2. The summed E-state index contributed by atoms with van der Waals surface area (Å²) in [6, 6.07) is 8.51. The van der Waals surface area contributed by atoms with Crippen LogP contribution in [0.5, 0.6) is 28.7 Å². The van der Waals surface area contributed by atoms with Crippen molar-refractivity contribution in [3.8, 4) is 28.7 Å². The fourth-order valence-corrected chi connectivity index (χ4v) is 2.98. The number of halogens is 3. The Morgan fingerprint density at radius 3 is 2.44 bits per heavy atom. The summed E-state index contributed by atoms with van der Waals surface area (Å²) < 4.78 is 51.5. The lowest BCUT2D eigenvalue weighted by Crippen LogP contribution is -2.36. The Kier molecular flexibility index (Phi) is 9.88. The van der Waals surface area contributed by atoms with Crippen molar-refractivity contribution in [3.63, 3.8) is 0 Å². The molecule has 0 unspecified atom stereocenters. The van der Waals surface area contributed by atoms with Crippen LogP contribution >= 0.6 is 24.0 Å². The summed E-state index contributed by atoms with van der Waals surface area (Å²) in [5.41, 5.74) is 1.35. The van der Waals surface area contributed by atoms with E-state index in [1.165, 1.54) is 6.07 Å². The van der Waals surface area contributed by atoms with Gasteiger partial charge in [-0.2, -0.15) is 8.78 Å². The van der Waals surface area contributed by atoms with Crippen LogP contribution in [-0.4, -0.2) is 40.1 Å². The van der Waals surface area contributed by atoms with Gasteiger partial charge in [0.05, 0.1) is 20.8 Å². The van der Waals surface area contributed by atoms with Crippen molar-refractivity contribution >= 4 is 29.9 Å². The first-order valence-electron chi connectivity index (χ1n) is 9.64. The van der Waals surface area contributed by atoms with Gasteiger partial charge in [0.1, 0.15) is 17.2 Å². The minimum atomic E-state index is -2.96. The summed E-state index contributed by atoms with van der Waals surface area (Å²) in [6.45, 7) is 0.139. The Balaban J connectivity index is 0.00000363. The van der Waals surface area contributed by atoms with Crippen molar-refractivity contribution in [1.29, 1.82) is 0 Å². The first kappa shape index (κ1) is 25.6. The van der Waals surface area contributed by atoms with E-state index in [1.807, 2.05) is 19.1 Å². The molecule has 0 radical (unpaired) electrons. The molecule has 0 atom stereocenters. The number of nitrogens with one attached hydrogen (secondary N) is 2. The van der Waals surface area contributed by atoms with E-state index < -0.39 is 6.61 Å². The van der Waals surface area contributed by atoms with Crippen molar-refractivity contribution in [2.75, 3.05) is 27.6 Å². The predicted octanol–water partition coefficient (Wildman–Crippen LogP) is 3.91. The highest BCUT2D eigenvalue weighted by atomic mass is 127. The molecular formula is C21H26F2IN3O5. The van der Waals surface area contributed by atoms with Gasteiger partial charge in [0.2, 0.25) is 6.79 Å². The van der Waals surface area contributed by atoms with Crippen molar-refractivity contribution in [3.05, 3.63) is 41.5 Å². The minimum Gasteiger partial charge on any atom is -0.497 e. The number of hydrogen-bond donors (Lipinski definition) is 2. The smallest absolute Gasteiger partial charge is 0.387 e. The first-order chi connectivity index (χ1) is 15.0. The standard InChI is InChI=1S/C21H25F2N3O5.HI/c1-4-24-21(25-10-13-5-6-15(27-2)8-16(13)28-3)26-11-14-7-18-19(30-12-29-18)9-17(14)31-20(22)23;/h5-9,20H,4,10-12H2,1-3H3,(H2,24,25,26);1H. The van der Waals surface area contributed by atoms with Crippen LogP contribution in [0.1, 0.15) is 18.1 Å². The Hall–Kier alpha value is -2.70. The zero-order valence-corrected chi connectivity index (χ0v) is 20.3. The molecule has 32 heavy (non-hydrogen) atoms. The maximum atomic E-state index is 12.8. The molecule has 0 aliphatic carbocycles. The van der Waals surface area contributed by atoms with Crippen LogP contribution in [-0.2, 0) is 13.1 Å². The van der Waals surface area contributed by atoms with Crippen LogP contribution in [0.2, 0.25) is 0 Å². The zero-order valence-electron chi connectivity index (χ0n) is 17.9. The van der Waals surface area contributed by atoms with Gasteiger partial charge >= 0.3 is 6.61 Å². The number of guanidine groups is 1. The van der Waals surface area contributed by atoms with E-state index in [0.717, 1.165) is 5.56 Å². The van der Waals surface area contributed by atoms with Crippen LogP contribution in [0.25, 0.3) is 0 Å². The highest BCUT2D eigenvalue weighted by Gasteiger charge is 2.20. The second-order valence-electron chi connectivity index (χ2n) is 6.42. The van der Waals surface area contributed by atoms with Crippen molar-refractivity contribution in [2.24, 2.45) is 4.99 Å². The molecule has 2 N–H and O–H groups in total. The van der Waals surface area contributed by atoms with Crippen molar-refractivity contribution in [2.45, 2.75) is 26.6 Å². The third kappa shape index (κ3) is 6.65. The zero-order chi connectivity index (χ0) is 22.2. The third-order valence-electron chi connectivity index (χ3n) is 4.46. The largest absolute Gasteiger partial charge is 0.497 e. The second kappa shape index (κ2) is 12.4. The lowest BCUT2D eigenvalue weighted by Gasteiger charge is -2.15. The van der Waals surface area contributed by atoms with Crippen molar-refractivity contribution in [1.82, 2.24) is 10.6 Å². The van der Waals surface area contributed by atoms with E-state index in [2.05, 4.69) is 20.4 Å². The Morgan fingerprint density at radius 2 is 1.78 bits per heavy atom. The third-order valence-corrected chi connectivity index (χ3v) is 4.46. The monoisotopic (exact) mass is 565 g/mol. The summed E-state index contributed by atoms with van der Waals surface area (Å²) in [6.07, 6.45) is 0. The molecule has 0 fully saturated rings. The number of nitrogens with zero attached hydrogens (tertiary/aromatic N) is 1. The number of rotatable bonds is 9. The SMILES string of the molecule is CCNC(=NCc1cc2c(cc1OC(F)F)OCO2)NCc1ccc(OC)cc1OC.I. The van der Waals surface area contributed by atoms with Crippen LogP contribution < -0.4 is 34.3 Å². The van der Waals surface area contributed by atoms with Gasteiger partial charge in [0.15, 0.2) is 17.5 Å². The Morgan fingerprint density at radius 1 is 1.03 bits per heavy atom. The molecule has 2 aromatic rings. The van der Waals surface area contributed by atoms with Crippen LogP contribution in [0.15, 0.2) is 35.3 Å². The average molecular weight is 565 g/mol. The number of hydrogen-bond acceptors (Lipinski definition) is 6. The number of fused-ring (bicyclic) bond motifs is 1. The topological polar surface area (TPSA) is 82.6 Å². The number of ether oxygens (including phenoxy) is 5. The Labute approximate surface area is 202 Å². The van der Waals surface area contributed by atoms with E-state index in [9.17, 15) is 8.78 Å². The molecule has 3 rings (SSSR count). The lowest BCUT2D eigenvalue weighted by molar-refractivity contribution is -0.0505. The summed E-state index contributed by atoms with van der Waals surface area (Å²) in [5.74, 6) is 2.69. The van der Waals surface area contributed by atoms with E-state index in [0.29, 0.717) is 47.6 Å². The molecule has 8 nitrogen and oxygen atoms in total. The maximum absolute atomic E-state index is 12.8. The number of alkyl halides is 2. The number of aliphatic imine (C=N–C) groups is 1. The van der Waals surface area contributed by atoms with E-state index in [-0.39, 0.29) is 43.1 Å². The summed E-state index contributed by atoms with van der Waals surface area (Å²) >= 11 is 0. The van der Waals surface area contributed by atoms with E-state index in [4.69, 9.17) is 18.9 Å². The van der Waals surface area contributed by atoms with Crippen LogP contribution in [0, 0.1) is 0 Å². The summed E-state index contributed by atoms with van der Waals surface area (Å²) in [4.78, 5) is 4.49. The van der Waals surface area contributed by atoms with Gasteiger partial charge in [-0.15, -0.1) is 24.0 Å². The maximum Gasteiger partial charge on any atom is 0.387 e. The molecule has 0 saturated heterocycles. The number of benzene rings is 2. The predicted molar refractivity (Wildman–Crippen MR) is 126 cm³/mol. The average Bonchev–Trinajstić information content (AvgIpc) is 3.22. The second-order valence-corrected chi connectivity index (χ2v) is 6.42. The van der Waals surface area contributed by atoms with Gasteiger partial charge in [-0.1, -0.05) is 0 Å². The summed E-state index contributed by atoms with van der Waals surface area (Å²) in [5, 5.41) is 6.33. The van der Waals surface area contributed by atoms with Gasteiger partial charge in [0.25, 0.3) is 0 Å². The molecule has 0 spiro atoms. The molecular weight excluding hydrogens is 539 g/mol. The quantitative estimate of drug-likeness (QED) is 0.271. The molecule has 0 aromatic heterocycles. The number of methoxy groups -OCH3 is 2. The lowest BCUT2D eigenvalue weighted by atomic mass is 10.1. The van der Waals surface area contributed by atoms with Gasteiger partial charge in [-0.3, -0.25) is 0 Å². The van der Waals surface area contributed by atoms with Gasteiger partial charge < -0.3 is 34.3 Å². The van der Waals surface area contributed by atoms with Crippen LogP contribution in [0.3, 0.4) is 0 Å². The van der Waals surface area contributed by atoms with E-state index in [1.54, 1.807) is 26.4 Å². The minimum absolute atomic E-state index is 0. The Bertz CT molecular complexity index is 931. The molecule has 1 aliphatic rings. The molecule has 0 amide bonds. The molecule has 176 valence electrons. The molecule has 0 bridgehead atoms. The van der Waals surface area contributed by atoms with Gasteiger partial charge in [-0.05, 0) is 25.1 Å². The van der Waals surface area contributed by atoms with Crippen molar-refractivity contribution < 1.29 is 32.5 Å². The molecule has 1 heterocycles. The summed E-state index contributed by atoms with van der Waals surface area (Å²) in [7, 11) is 3.17. The highest BCUT2D eigenvalue weighted by molar-refractivity contribution is 14.0. The fourth-order valence-electron chi connectivity index (χ4n) is 2.98. The molecule has 0 saturated carbocycles. The fraction of sp³-hybridized carbons (Fsp3) is 0.381.